The molecule has 0 amide bonds. The highest BCUT2D eigenvalue weighted by Crippen LogP contribution is 2.26. The van der Waals surface area contributed by atoms with Crippen LogP contribution in [0, 0.1) is 6.92 Å². The van der Waals surface area contributed by atoms with Crippen molar-refractivity contribution in [2.45, 2.75) is 26.0 Å². The van der Waals surface area contributed by atoms with Crippen molar-refractivity contribution in [3.63, 3.8) is 0 Å². The van der Waals surface area contributed by atoms with Crippen molar-refractivity contribution < 1.29 is 9.47 Å². The van der Waals surface area contributed by atoms with Crippen molar-refractivity contribution in [2.75, 3.05) is 40.4 Å². The van der Waals surface area contributed by atoms with Gasteiger partial charge in [-0.2, -0.15) is 0 Å². The number of nitrogens with zero attached hydrogens (tertiary/aromatic N) is 1. The minimum Gasteiger partial charge on any atom is -0.496 e. The van der Waals surface area contributed by atoms with Crippen molar-refractivity contribution in [1.29, 1.82) is 0 Å². The Kier molecular flexibility index (Phi) is 5.40. The Hall–Kier alpha value is -1.10. The van der Waals surface area contributed by atoms with Crippen LogP contribution in [0.1, 0.15) is 24.1 Å². The Labute approximate surface area is 122 Å². The van der Waals surface area contributed by atoms with Gasteiger partial charge in [-0.3, -0.25) is 0 Å². The maximum Gasteiger partial charge on any atom is 0.123 e. The summed E-state index contributed by atoms with van der Waals surface area (Å²) in [5.74, 6) is 0.942. The molecule has 1 aliphatic rings. The number of morpholine rings is 1. The van der Waals surface area contributed by atoms with Gasteiger partial charge in [-0.15, -0.1) is 0 Å². The fraction of sp³-hybridized carbons (Fsp3) is 0.625. The first-order chi connectivity index (χ1) is 9.60. The van der Waals surface area contributed by atoms with E-state index in [1.807, 2.05) is 6.07 Å². The smallest absolute Gasteiger partial charge is 0.123 e. The van der Waals surface area contributed by atoms with E-state index >= 15 is 0 Å². The number of benzene rings is 1. The van der Waals surface area contributed by atoms with Gasteiger partial charge in [0, 0.05) is 31.2 Å². The van der Waals surface area contributed by atoms with Gasteiger partial charge in [-0.25, -0.2) is 0 Å². The summed E-state index contributed by atoms with van der Waals surface area (Å²) in [7, 11) is 3.86. The van der Waals surface area contributed by atoms with Gasteiger partial charge < -0.3 is 19.7 Å². The lowest BCUT2D eigenvalue weighted by molar-refractivity contribution is -0.0191. The third-order valence-electron chi connectivity index (χ3n) is 3.85. The first-order valence-electron chi connectivity index (χ1n) is 7.28. The van der Waals surface area contributed by atoms with Crippen LogP contribution in [0.15, 0.2) is 18.2 Å². The van der Waals surface area contributed by atoms with Crippen molar-refractivity contribution in [1.82, 2.24) is 10.2 Å². The van der Waals surface area contributed by atoms with E-state index in [1.165, 1.54) is 11.1 Å². The quantitative estimate of drug-likeness (QED) is 0.893. The van der Waals surface area contributed by atoms with Gasteiger partial charge in [-0.1, -0.05) is 17.7 Å². The molecule has 0 bridgehead atoms. The van der Waals surface area contributed by atoms with Gasteiger partial charge in [0.1, 0.15) is 5.75 Å². The first kappa shape index (κ1) is 15.3. The van der Waals surface area contributed by atoms with Crippen LogP contribution in [0.25, 0.3) is 0 Å². The molecule has 0 radical (unpaired) electrons. The van der Waals surface area contributed by atoms with Gasteiger partial charge in [0.25, 0.3) is 0 Å². The lowest BCUT2D eigenvalue weighted by Crippen LogP contribution is -2.45. The van der Waals surface area contributed by atoms with E-state index < -0.39 is 0 Å². The molecule has 1 aromatic carbocycles. The fourth-order valence-electron chi connectivity index (χ4n) is 2.60. The van der Waals surface area contributed by atoms with Crippen LogP contribution in [0.5, 0.6) is 5.75 Å². The highest BCUT2D eigenvalue weighted by atomic mass is 16.5. The van der Waals surface area contributed by atoms with Gasteiger partial charge >= 0.3 is 0 Å². The van der Waals surface area contributed by atoms with Crippen LogP contribution < -0.4 is 10.1 Å². The molecular formula is C16H26N2O2. The number of nitrogens with one attached hydrogen (secondary N) is 1. The van der Waals surface area contributed by atoms with Crippen LogP contribution in [-0.4, -0.2) is 51.4 Å². The summed E-state index contributed by atoms with van der Waals surface area (Å²) in [6.45, 7) is 7.98. The molecule has 4 nitrogen and oxygen atoms in total. The molecule has 1 fully saturated rings. The highest BCUT2D eigenvalue weighted by molar-refractivity contribution is 5.38. The normalized spacial score (nSPS) is 21.7. The van der Waals surface area contributed by atoms with E-state index in [2.05, 4.69) is 43.2 Å². The third-order valence-corrected chi connectivity index (χ3v) is 3.85. The zero-order valence-corrected chi connectivity index (χ0v) is 13.0. The van der Waals surface area contributed by atoms with Crippen LogP contribution >= 0.6 is 0 Å². The molecule has 1 saturated heterocycles. The molecule has 0 spiro atoms. The lowest BCUT2D eigenvalue weighted by Gasteiger charge is -2.31. The van der Waals surface area contributed by atoms with E-state index in [0.717, 1.165) is 32.0 Å². The summed E-state index contributed by atoms with van der Waals surface area (Å²) >= 11 is 0. The monoisotopic (exact) mass is 278 g/mol. The second-order valence-electron chi connectivity index (χ2n) is 5.63. The minimum absolute atomic E-state index is 0.251. The summed E-state index contributed by atoms with van der Waals surface area (Å²) in [4.78, 5) is 2.31. The summed E-state index contributed by atoms with van der Waals surface area (Å²) in [6, 6.07) is 6.55. The molecule has 112 valence electrons. The summed E-state index contributed by atoms with van der Waals surface area (Å²) < 4.78 is 11.2. The molecule has 2 unspecified atom stereocenters. The minimum atomic E-state index is 0.251. The molecule has 1 aromatic rings. The zero-order valence-electron chi connectivity index (χ0n) is 13.0. The van der Waals surface area contributed by atoms with Gasteiger partial charge in [-0.05, 0) is 27.0 Å². The lowest BCUT2D eigenvalue weighted by atomic mass is 10.0. The molecule has 1 aliphatic heterocycles. The second kappa shape index (κ2) is 7.07. The SMILES string of the molecule is COc1ccc(C)cc1C(C)NCC1CN(C)CCO1. The molecule has 4 heteroatoms. The average molecular weight is 278 g/mol. The summed E-state index contributed by atoms with van der Waals surface area (Å²) in [5, 5.41) is 3.56. The molecule has 1 heterocycles. The molecule has 20 heavy (non-hydrogen) atoms. The van der Waals surface area contributed by atoms with E-state index in [4.69, 9.17) is 9.47 Å². The maximum atomic E-state index is 5.78. The van der Waals surface area contributed by atoms with Gasteiger partial charge in [0.05, 0.1) is 19.8 Å². The number of methoxy groups -OCH3 is 1. The zero-order chi connectivity index (χ0) is 14.5. The summed E-state index contributed by atoms with van der Waals surface area (Å²) in [6.07, 6.45) is 0.270. The number of ether oxygens (including phenoxy) is 2. The Morgan fingerprint density at radius 1 is 1.50 bits per heavy atom. The predicted octanol–water partition coefficient (Wildman–Crippen LogP) is 1.98. The Morgan fingerprint density at radius 3 is 3.00 bits per heavy atom. The maximum absolute atomic E-state index is 5.78. The van der Waals surface area contributed by atoms with Gasteiger partial charge in [0.15, 0.2) is 0 Å². The molecule has 0 aliphatic carbocycles. The third kappa shape index (κ3) is 3.95. The standard InChI is InChI=1S/C16H26N2O2/c1-12-5-6-16(19-4)15(9-12)13(2)17-10-14-11-18(3)7-8-20-14/h5-6,9,13-14,17H,7-8,10-11H2,1-4H3. The Balaban J connectivity index is 1.94. The number of rotatable bonds is 5. The van der Waals surface area contributed by atoms with E-state index in [0.29, 0.717) is 0 Å². The first-order valence-corrected chi connectivity index (χ1v) is 7.28. The Morgan fingerprint density at radius 2 is 2.30 bits per heavy atom. The molecule has 2 rings (SSSR count). The van der Waals surface area contributed by atoms with Gasteiger partial charge in [0.2, 0.25) is 0 Å². The van der Waals surface area contributed by atoms with Crippen LogP contribution in [-0.2, 0) is 4.74 Å². The van der Waals surface area contributed by atoms with E-state index in [1.54, 1.807) is 7.11 Å². The second-order valence-corrected chi connectivity index (χ2v) is 5.63. The topological polar surface area (TPSA) is 33.7 Å². The fourth-order valence-corrected chi connectivity index (χ4v) is 2.60. The molecular weight excluding hydrogens is 252 g/mol. The number of hydrogen-bond donors (Lipinski definition) is 1. The van der Waals surface area contributed by atoms with Crippen LogP contribution in [0.2, 0.25) is 0 Å². The molecule has 0 aromatic heterocycles. The number of likely N-dealkylation sites (N-methyl/N-ethyl adjacent to an activating group) is 1. The number of hydrogen-bond acceptors (Lipinski definition) is 4. The van der Waals surface area contributed by atoms with Crippen molar-refractivity contribution >= 4 is 0 Å². The highest BCUT2D eigenvalue weighted by Gasteiger charge is 2.19. The van der Waals surface area contributed by atoms with Crippen LogP contribution in [0.4, 0.5) is 0 Å². The molecule has 0 saturated carbocycles. The molecule has 2 atom stereocenters. The van der Waals surface area contributed by atoms with Crippen molar-refractivity contribution in [3.05, 3.63) is 29.3 Å². The largest absolute Gasteiger partial charge is 0.496 e. The average Bonchev–Trinajstić information content (AvgIpc) is 2.45. The van der Waals surface area contributed by atoms with E-state index in [9.17, 15) is 0 Å². The van der Waals surface area contributed by atoms with E-state index in [-0.39, 0.29) is 12.1 Å². The van der Waals surface area contributed by atoms with Crippen LogP contribution in [0.3, 0.4) is 0 Å². The molecule has 1 N–H and O–H groups in total. The summed E-state index contributed by atoms with van der Waals surface area (Å²) in [5.41, 5.74) is 2.46. The predicted molar refractivity (Wildman–Crippen MR) is 81.4 cm³/mol. The van der Waals surface area contributed by atoms with Crippen molar-refractivity contribution in [2.24, 2.45) is 0 Å². The number of aryl methyl sites for hydroxylation is 1. The Bertz CT molecular complexity index is 436. The van der Waals surface area contributed by atoms with Crippen molar-refractivity contribution in [3.8, 4) is 5.75 Å².